The van der Waals surface area contributed by atoms with Gasteiger partial charge in [0.1, 0.15) is 53.7 Å². The van der Waals surface area contributed by atoms with Crippen molar-refractivity contribution in [3.8, 4) is 45.8 Å². The minimum atomic E-state index is -1.97. The average molecular weight is 655 g/mol. The number of phenolic OH excluding ortho intramolecular Hbond substituents is 3. The summed E-state index contributed by atoms with van der Waals surface area (Å²) in [6.45, 7) is 0.824. The maximum atomic E-state index is 13.9. The molecule has 2 aromatic carbocycles. The summed E-state index contributed by atoms with van der Waals surface area (Å²) < 4.78 is 38.3. The van der Waals surface area contributed by atoms with Crippen molar-refractivity contribution in [2.24, 2.45) is 0 Å². The Labute approximate surface area is 259 Å². The van der Waals surface area contributed by atoms with Crippen LogP contribution in [-0.4, -0.2) is 128 Å². The normalized spacial score (nSPS) is 31.5. The summed E-state index contributed by atoms with van der Waals surface area (Å²) in [4.78, 5) is 13.9. The second kappa shape index (κ2) is 13.1. The zero-order chi connectivity index (χ0) is 33.6. The number of fused-ring (bicyclic) bond motifs is 1. The maximum Gasteiger partial charge on any atom is 0.239 e. The number of methoxy groups -OCH3 is 2. The fourth-order valence-electron chi connectivity index (χ4n) is 5.21. The van der Waals surface area contributed by atoms with E-state index in [-0.39, 0.29) is 28.4 Å². The van der Waals surface area contributed by atoms with Crippen molar-refractivity contribution in [3.63, 3.8) is 0 Å². The second-order valence-electron chi connectivity index (χ2n) is 10.8. The van der Waals surface area contributed by atoms with E-state index in [0.717, 1.165) is 13.2 Å². The Bertz CT molecular complexity index is 1620. The van der Waals surface area contributed by atoms with E-state index in [2.05, 4.69) is 0 Å². The molecule has 0 radical (unpaired) electrons. The van der Waals surface area contributed by atoms with Gasteiger partial charge in [-0.15, -0.1) is 0 Å². The fraction of sp³-hybridized carbons (Fsp3) is 0.483. The summed E-state index contributed by atoms with van der Waals surface area (Å²) in [6.07, 6.45) is -16.2. The summed E-state index contributed by atoms with van der Waals surface area (Å²) in [6, 6.07) is 4.85. The summed E-state index contributed by atoms with van der Waals surface area (Å²) >= 11 is 0. The molecule has 5 rings (SSSR count). The van der Waals surface area contributed by atoms with Crippen LogP contribution < -0.4 is 19.6 Å². The molecule has 0 bridgehead atoms. The van der Waals surface area contributed by atoms with E-state index in [9.17, 15) is 50.8 Å². The highest BCUT2D eigenvalue weighted by Gasteiger charge is 2.48. The van der Waals surface area contributed by atoms with Crippen LogP contribution in [0.25, 0.3) is 22.3 Å². The molecule has 3 heterocycles. The van der Waals surface area contributed by atoms with Crippen LogP contribution in [0.2, 0.25) is 0 Å². The first kappa shape index (κ1) is 33.5. The van der Waals surface area contributed by atoms with Gasteiger partial charge in [0.2, 0.25) is 23.2 Å². The molecule has 10 atom stereocenters. The largest absolute Gasteiger partial charge is 0.504 e. The number of aliphatic hydroxyl groups is 6. The molecule has 2 aliphatic rings. The van der Waals surface area contributed by atoms with Gasteiger partial charge in [0.25, 0.3) is 0 Å². The van der Waals surface area contributed by atoms with E-state index in [4.69, 9.17) is 32.8 Å². The first-order valence-electron chi connectivity index (χ1n) is 13.9. The molecule has 252 valence electrons. The number of aromatic hydroxyl groups is 3. The monoisotopic (exact) mass is 654 g/mol. The first-order chi connectivity index (χ1) is 21.8. The van der Waals surface area contributed by atoms with Crippen LogP contribution in [0.15, 0.2) is 33.5 Å². The quantitative estimate of drug-likeness (QED) is 0.135. The molecule has 9 N–H and O–H groups in total. The van der Waals surface area contributed by atoms with Gasteiger partial charge in [-0.3, -0.25) is 4.79 Å². The van der Waals surface area contributed by atoms with E-state index >= 15 is 0 Å². The predicted octanol–water partition coefficient (Wildman–Crippen LogP) is -1.38. The zero-order valence-electron chi connectivity index (χ0n) is 24.6. The molecular weight excluding hydrogens is 620 g/mol. The molecule has 2 aliphatic heterocycles. The third-order valence-corrected chi connectivity index (χ3v) is 7.83. The van der Waals surface area contributed by atoms with Crippen LogP contribution in [0.5, 0.6) is 34.5 Å². The molecule has 1 aromatic heterocycles. The molecular formula is C29H34O17. The van der Waals surface area contributed by atoms with Gasteiger partial charge in [0.05, 0.1) is 26.9 Å². The van der Waals surface area contributed by atoms with E-state index in [1.54, 1.807) is 0 Å². The number of hydrogen-bond acceptors (Lipinski definition) is 17. The van der Waals surface area contributed by atoms with Crippen molar-refractivity contribution in [1.82, 2.24) is 0 Å². The van der Waals surface area contributed by atoms with E-state index in [0.29, 0.717) is 0 Å². The summed E-state index contributed by atoms with van der Waals surface area (Å²) in [5, 5.41) is 93.0. The minimum Gasteiger partial charge on any atom is -0.504 e. The van der Waals surface area contributed by atoms with Crippen LogP contribution in [0.4, 0.5) is 0 Å². The van der Waals surface area contributed by atoms with Crippen LogP contribution in [0.3, 0.4) is 0 Å². The van der Waals surface area contributed by atoms with Crippen molar-refractivity contribution in [1.29, 1.82) is 0 Å². The molecule has 3 aromatic rings. The smallest absolute Gasteiger partial charge is 0.239 e. The number of hydrogen-bond donors (Lipinski definition) is 9. The van der Waals surface area contributed by atoms with Gasteiger partial charge < -0.3 is 78.8 Å². The Morgan fingerprint density at radius 1 is 0.761 bits per heavy atom. The SMILES string of the molecule is COc1cc(-c2oc3cc(O)c(OC)c(O)c3c(=O)c2O[C@@H]2O[C@H](CO[C@@H]3O[C@@H](C)[C@H](O)[C@@H](O)[C@H]3O)[C@@H](O)[C@H](O)[C@H]2O)ccc1O. The molecule has 0 amide bonds. The van der Waals surface area contributed by atoms with E-state index < -0.39 is 102 Å². The third kappa shape index (κ3) is 5.88. The molecule has 2 fully saturated rings. The molecule has 17 heteroatoms. The van der Waals surface area contributed by atoms with Crippen molar-refractivity contribution in [3.05, 3.63) is 34.5 Å². The highest BCUT2D eigenvalue weighted by molar-refractivity contribution is 5.91. The predicted molar refractivity (Wildman–Crippen MR) is 152 cm³/mol. The lowest BCUT2D eigenvalue weighted by Crippen LogP contribution is -2.61. The van der Waals surface area contributed by atoms with Gasteiger partial charge >= 0.3 is 0 Å². The molecule has 0 saturated carbocycles. The highest BCUT2D eigenvalue weighted by atomic mass is 16.7. The number of aliphatic hydroxyl groups excluding tert-OH is 6. The number of phenols is 3. The Morgan fingerprint density at radius 2 is 1.43 bits per heavy atom. The van der Waals surface area contributed by atoms with Gasteiger partial charge in [-0.25, -0.2) is 0 Å². The fourth-order valence-corrected chi connectivity index (χ4v) is 5.21. The number of benzene rings is 2. The standard InChI is InChI=1S/C29H34O17/c1-9-17(32)21(36)23(38)28(43-9)42-8-15-18(33)22(37)24(39)29(45-15)46-27-20(35)16-14(7-12(31)26(41-3)19(16)34)44-25(27)10-4-5-11(30)13(6-10)40-2/h4-7,9,15,17-18,21-24,28-34,36-39H,8H2,1-3H3/t9-,15+,17-,18+,21+,22-,23+,24+,28+,29-/m0/s1. The molecule has 17 nitrogen and oxygen atoms in total. The van der Waals surface area contributed by atoms with Gasteiger partial charge in [0.15, 0.2) is 35.0 Å². The zero-order valence-corrected chi connectivity index (χ0v) is 24.6. The lowest BCUT2D eigenvalue weighted by Gasteiger charge is -2.42. The Morgan fingerprint density at radius 3 is 2.11 bits per heavy atom. The third-order valence-electron chi connectivity index (χ3n) is 7.83. The first-order valence-corrected chi connectivity index (χ1v) is 13.9. The molecule has 2 saturated heterocycles. The van der Waals surface area contributed by atoms with Crippen molar-refractivity contribution < 1.29 is 78.8 Å². The van der Waals surface area contributed by atoms with Gasteiger partial charge in [-0.05, 0) is 25.1 Å². The van der Waals surface area contributed by atoms with Crippen molar-refractivity contribution in [2.45, 2.75) is 68.3 Å². The van der Waals surface area contributed by atoms with E-state index in [1.807, 2.05) is 0 Å². The van der Waals surface area contributed by atoms with Crippen molar-refractivity contribution in [2.75, 3.05) is 20.8 Å². The number of rotatable bonds is 8. The van der Waals surface area contributed by atoms with Gasteiger partial charge in [0, 0.05) is 11.6 Å². The highest BCUT2D eigenvalue weighted by Crippen LogP contribution is 2.44. The molecule has 0 unspecified atom stereocenters. The Hall–Kier alpha value is -3.91. The lowest BCUT2D eigenvalue weighted by molar-refractivity contribution is -0.318. The summed E-state index contributed by atoms with van der Waals surface area (Å²) in [5.74, 6) is -3.12. The second-order valence-corrected chi connectivity index (χ2v) is 10.8. The lowest BCUT2D eigenvalue weighted by atomic mass is 9.98. The number of ether oxygens (including phenoxy) is 6. The average Bonchev–Trinajstić information content (AvgIpc) is 3.03. The topological polar surface area (TPSA) is 268 Å². The van der Waals surface area contributed by atoms with Crippen LogP contribution in [0, 0.1) is 0 Å². The van der Waals surface area contributed by atoms with Gasteiger partial charge in [-0.1, -0.05) is 0 Å². The molecule has 0 aliphatic carbocycles. The minimum absolute atomic E-state index is 0.0320. The Kier molecular flexibility index (Phi) is 9.50. The van der Waals surface area contributed by atoms with Crippen LogP contribution in [-0.2, 0) is 14.2 Å². The van der Waals surface area contributed by atoms with Crippen molar-refractivity contribution >= 4 is 11.0 Å². The van der Waals surface area contributed by atoms with Gasteiger partial charge in [-0.2, -0.15) is 0 Å². The van der Waals surface area contributed by atoms with E-state index in [1.165, 1.54) is 32.2 Å². The summed E-state index contributed by atoms with van der Waals surface area (Å²) in [7, 11) is 2.41. The van der Waals surface area contributed by atoms with Crippen LogP contribution in [0.1, 0.15) is 6.92 Å². The molecule has 0 spiro atoms. The van der Waals surface area contributed by atoms with Crippen LogP contribution >= 0.6 is 0 Å². The molecule has 46 heavy (non-hydrogen) atoms. The summed E-state index contributed by atoms with van der Waals surface area (Å²) in [5.41, 5.74) is -1.26. The maximum absolute atomic E-state index is 13.9. The Balaban J connectivity index is 1.53.